The molecule has 3 atom stereocenters. The standard InChI is InChI=1S/C14H13BrN2O4S2/c1-7(18)17(9-3-2-4-22-9)10-12(19)16-6-8(5-15)11(14(20)21)23-13(10)16/h2-4,6,10-11,13H,5H2,1H3,(H,20,21)/t10?,11?,13-/m1/s1. The average molecular weight is 417 g/mol. The molecule has 0 aromatic carbocycles. The number of carbonyl (C=O) groups is 3. The number of hydrogen-bond donors (Lipinski definition) is 1. The molecule has 122 valence electrons. The van der Waals surface area contributed by atoms with Gasteiger partial charge in [-0.15, -0.1) is 23.1 Å². The smallest absolute Gasteiger partial charge is 0.321 e. The molecule has 1 aromatic rings. The van der Waals surface area contributed by atoms with Gasteiger partial charge >= 0.3 is 5.97 Å². The second-order valence-electron chi connectivity index (χ2n) is 5.11. The number of nitrogens with zero attached hydrogens (tertiary/aromatic N) is 2. The molecule has 9 heteroatoms. The number of carboxylic acids is 1. The van der Waals surface area contributed by atoms with Gasteiger partial charge in [0.25, 0.3) is 5.91 Å². The predicted octanol–water partition coefficient (Wildman–Crippen LogP) is 2.12. The van der Waals surface area contributed by atoms with Crippen molar-refractivity contribution in [1.29, 1.82) is 0 Å². The van der Waals surface area contributed by atoms with Crippen molar-refractivity contribution < 1.29 is 19.5 Å². The monoisotopic (exact) mass is 416 g/mol. The van der Waals surface area contributed by atoms with E-state index in [2.05, 4.69) is 15.9 Å². The summed E-state index contributed by atoms with van der Waals surface area (Å²) in [7, 11) is 0. The van der Waals surface area contributed by atoms with Crippen LogP contribution in [0.4, 0.5) is 5.00 Å². The Bertz CT molecular complexity index is 691. The zero-order valence-electron chi connectivity index (χ0n) is 12.0. The molecule has 0 radical (unpaired) electrons. The van der Waals surface area contributed by atoms with Crippen molar-refractivity contribution in [2.45, 2.75) is 23.6 Å². The van der Waals surface area contributed by atoms with E-state index in [4.69, 9.17) is 0 Å². The van der Waals surface area contributed by atoms with Crippen molar-refractivity contribution in [3.63, 3.8) is 0 Å². The van der Waals surface area contributed by atoms with Gasteiger partial charge in [-0.05, 0) is 23.1 Å². The van der Waals surface area contributed by atoms with Crippen LogP contribution in [0.15, 0.2) is 29.3 Å². The molecule has 23 heavy (non-hydrogen) atoms. The zero-order chi connectivity index (χ0) is 16.7. The maximum absolute atomic E-state index is 12.5. The molecule has 0 spiro atoms. The molecule has 0 saturated carbocycles. The molecule has 2 aliphatic rings. The van der Waals surface area contributed by atoms with Crippen LogP contribution < -0.4 is 4.90 Å². The highest BCUT2D eigenvalue weighted by Gasteiger charge is 2.55. The van der Waals surface area contributed by atoms with Crippen LogP contribution >= 0.6 is 39.0 Å². The first kappa shape index (κ1) is 16.5. The van der Waals surface area contributed by atoms with Crippen LogP contribution in [0.25, 0.3) is 0 Å². The molecule has 1 fully saturated rings. The first-order chi connectivity index (χ1) is 11.0. The number of rotatable bonds is 4. The summed E-state index contributed by atoms with van der Waals surface area (Å²) in [5.41, 5.74) is 0.635. The zero-order valence-corrected chi connectivity index (χ0v) is 15.2. The second kappa shape index (κ2) is 6.29. The summed E-state index contributed by atoms with van der Waals surface area (Å²) in [6.07, 6.45) is 1.60. The van der Waals surface area contributed by atoms with E-state index in [-0.39, 0.29) is 17.2 Å². The van der Waals surface area contributed by atoms with Gasteiger partial charge in [-0.3, -0.25) is 19.3 Å². The van der Waals surface area contributed by atoms with Crippen molar-refractivity contribution in [3.05, 3.63) is 29.3 Å². The lowest BCUT2D eigenvalue weighted by Gasteiger charge is -2.51. The van der Waals surface area contributed by atoms with Crippen LogP contribution in [0, 0.1) is 0 Å². The number of amides is 2. The van der Waals surface area contributed by atoms with Crippen LogP contribution in [0.2, 0.25) is 0 Å². The fourth-order valence-electron chi connectivity index (χ4n) is 2.67. The van der Waals surface area contributed by atoms with Crippen LogP contribution in [0.1, 0.15) is 6.92 Å². The minimum Gasteiger partial charge on any atom is -0.480 e. The van der Waals surface area contributed by atoms with Crippen molar-refractivity contribution >= 4 is 61.8 Å². The molecule has 3 heterocycles. The maximum atomic E-state index is 12.5. The number of thioether (sulfide) groups is 1. The summed E-state index contributed by atoms with van der Waals surface area (Å²) in [5.74, 6) is -1.36. The van der Waals surface area contributed by atoms with E-state index < -0.39 is 17.3 Å². The lowest BCUT2D eigenvalue weighted by Crippen LogP contribution is -2.70. The number of carboxylic acid groups (broad SMARTS) is 1. The van der Waals surface area contributed by atoms with Crippen LogP contribution in [0.5, 0.6) is 0 Å². The van der Waals surface area contributed by atoms with Gasteiger partial charge < -0.3 is 10.0 Å². The number of thiophene rings is 1. The minimum absolute atomic E-state index is 0.187. The van der Waals surface area contributed by atoms with E-state index in [1.165, 1.54) is 39.8 Å². The van der Waals surface area contributed by atoms with E-state index >= 15 is 0 Å². The Labute approximate surface area is 149 Å². The van der Waals surface area contributed by atoms with E-state index in [1.807, 2.05) is 11.4 Å². The molecule has 3 rings (SSSR count). The molecular formula is C14H13BrN2O4S2. The van der Waals surface area contributed by atoms with E-state index in [9.17, 15) is 19.5 Å². The Kier molecular flexibility index (Phi) is 4.52. The van der Waals surface area contributed by atoms with Gasteiger partial charge in [0.1, 0.15) is 16.7 Å². The lowest BCUT2D eigenvalue weighted by atomic mass is 10.0. The summed E-state index contributed by atoms with van der Waals surface area (Å²) >= 11 is 5.84. The Morgan fingerprint density at radius 1 is 1.48 bits per heavy atom. The van der Waals surface area contributed by atoms with Crippen LogP contribution in [0.3, 0.4) is 0 Å². The highest BCUT2D eigenvalue weighted by molar-refractivity contribution is 9.09. The third kappa shape index (κ3) is 2.70. The van der Waals surface area contributed by atoms with Crippen molar-refractivity contribution in [3.8, 4) is 0 Å². The van der Waals surface area contributed by atoms with Crippen molar-refractivity contribution in [2.24, 2.45) is 0 Å². The number of β-lactam (4-membered cyclic amide) rings is 1. The van der Waals surface area contributed by atoms with Crippen molar-refractivity contribution in [2.75, 3.05) is 10.2 Å². The van der Waals surface area contributed by atoms with E-state index in [0.29, 0.717) is 15.9 Å². The largest absolute Gasteiger partial charge is 0.480 e. The Hall–Kier alpha value is -1.32. The highest BCUT2D eigenvalue weighted by atomic mass is 79.9. The van der Waals surface area contributed by atoms with Gasteiger partial charge in [0.15, 0.2) is 0 Å². The number of halogens is 1. The normalized spacial score (nSPS) is 26.2. The first-order valence-electron chi connectivity index (χ1n) is 6.76. The molecule has 0 bridgehead atoms. The van der Waals surface area contributed by atoms with Gasteiger partial charge in [-0.1, -0.05) is 15.9 Å². The molecular weight excluding hydrogens is 404 g/mol. The summed E-state index contributed by atoms with van der Waals surface area (Å²) < 4.78 is 0. The molecule has 1 N–H and O–H groups in total. The molecule has 1 aromatic heterocycles. The fourth-order valence-corrected chi connectivity index (χ4v) is 5.56. The van der Waals surface area contributed by atoms with Gasteiger partial charge in [0, 0.05) is 18.5 Å². The second-order valence-corrected chi connectivity index (χ2v) is 7.83. The van der Waals surface area contributed by atoms with Crippen LogP contribution in [-0.2, 0) is 14.4 Å². The predicted molar refractivity (Wildman–Crippen MR) is 92.8 cm³/mol. The lowest BCUT2D eigenvalue weighted by molar-refractivity contribution is -0.143. The van der Waals surface area contributed by atoms with Crippen LogP contribution in [-0.4, -0.2) is 49.8 Å². The Morgan fingerprint density at radius 2 is 2.22 bits per heavy atom. The van der Waals surface area contributed by atoms with Gasteiger partial charge in [-0.2, -0.15) is 0 Å². The Morgan fingerprint density at radius 3 is 2.74 bits per heavy atom. The topological polar surface area (TPSA) is 77.9 Å². The van der Waals surface area contributed by atoms with Crippen molar-refractivity contribution in [1.82, 2.24) is 4.90 Å². The number of aliphatic carboxylic acids is 1. The third-order valence-electron chi connectivity index (χ3n) is 3.71. The van der Waals surface area contributed by atoms with Gasteiger partial charge in [0.2, 0.25) is 5.91 Å². The summed E-state index contributed by atoms with van der Waals surface area (Å²) in [6.45, 7) is 1.41. The number of fused-ring (bicyclic) bond motifs is 1. The highest BCUT2D eigenvalue weighted by Crippen LogP contribution is 2.44. The van der Waals surface area contributed by atoms with Gasteiger partial charge in [0.05, 0.1) is 5.00 Å². The number of carbonyl (C=O) groups excluding carboxylic acids is 2. The quantitative estimate of drug-likeness (QED) is 0.600. The number of alkyl halides is 1. The number of hydrogen-bond acceptors (Lipinski definition) is 5. The number of anilines is 1. The average Bonchev–Trinajstić information content (AvgIpc) is 3.04. The molecule has 2 unspecified atom stereocenters. The molecule has 0 aliphatic carbocycles. The molecule has 2 aliphatic heterocycles. The van der Waals surface area contributed by atoms with E-state index in [1.54, 1.807) is 12.3 Å². The first-order valence-corrected chi connectivity index (χ1v) is 9.70. The third-order valence-corrected chi connectivity index (χ3v) is 6.76. The maximum Gasteiger partial charge on any atom is 0.321 e. The summed E-state index contributed by atoms with van der Waals surface area (Å²) in [5, 5.41) is 11.2. The molecule has 2 amide bonds. The summed E-state index contributed by atoms with van der Waals surface area (Å²) in [4.78, 5) is 39.0. The molecule has 6 nitrogen and oxygen atoms in total. The summed E-state index contributed by atoms with van der Waals surface area (Å²) in [6, 6.07) is 2.93. The fraction of sp³-hybridized carbons (Fsp3) is 0.357. The Balaban J connectivity index is 1.92. The SMILES string of the molecule is CC(=O)N(c1cccs1)C1C(=O)N2C=C(CBr)C(C(=O)O)S[C@H]12. The van der Waals surface area contributed by atoms with E-state index in [0.717, 1.165) is 0 Å². The molecule has 1 saturated heterocycles. The minimum atomic E-state index is -0.941. The van der Waals surface area contributed by atoms with Gasteiger partial charge in [-0.25, -0.2) is 0 Å².